The van der Waals surface area contributed by atoms with E-state index in [1.165, 1.54) is 0 Å². The minimum Gasteiger partial charge on any atom is -0.467 e. The van der Waals surface area contributed by atoms with Gasteiger partial charge < -0.3 is 18.3 Å². The molecule has 0 N–H and O–H groups in total. The van der Waals surface area contributed by atoms with Crippen LogP contribution in [0.4, 0.5) is 0 Å². The van der Waals surface area contributed by atoms with Gasteiger partial charge in [-0.15, -0.1) is 0 Å². The molecule has 0 bridgehead atoms. The van der Waals surface area contributed by atoms with E-state index in [2.05, 4.69) is 65.3 Å². The molecule has 2 aliphatic rings. The molecule has 0 saturated heterocycles. The van der Waals surface area contributed by atoms with Gasteiger partial charge in [0.1, 0.15) is 11.5 Å². The van der Waals surface area contributed by atoms with E-state index in [1.54, 1.807) is 0 Å². The Morgan fingerprint density at radius 2 is 1.10 bits per heavy atom. The zero-order valence-corrected chi connectivity index (χ0v) is 25.3. The van der Waals surface area contributed by atoms with Crippen molar-refractivity contribution in [2.24, 2.45) is 5.41 Å². The Balaban J connectivity index is 0.00000450. The largest absolute Gasteiger partial charge is 0.467 e. The molecule has 0 radical (unpaired) electrons. The summed E-state index contributed by atoms with van der Waals surface area (Å²) in [6, 6.07) is 0. The number of hydrogen-bond donors (Lipinski definition) is 0. The van der Waals surface area contributed by atoms with Crippen LogP contribution in [0.5, 0.6) is 0 Å². The quantitative estimate of drug-likeness (QED) is 0.206. The van der Waals surface area contributed by atoms with Crippen LogP contribution in [0.15, 0.2) is 44.9 Å². The molecule has 2 aliphatic carbocycles. The standard InChI is InChI=1S/C21H34Cl2O4Si2.Zr/c1-21(2,15-9-11-17(22)19(15)24-13-26-28(3,4)5)16-10-12-18(23)20(16)25-14-27-29(6,7)8;/h9-10H,11-14H2,1-8H3;. The van der Waals surface area contributed by atoms with Crippen molar-refractivity contribution in [1.29, 1.82) is 0 Å². The number of halogens is 2. The molecule has 0 aromatic rings. The van der Waals surface area contributed by atoms with Gasteiger partial charge in [-0.3, -0.25) is 0 Å². The summed E-state index contributed by atoms with van der Waals surface area (Å²) in [7, 11) is -3.34. The normalized spacial score (nSPS) is 17.8. The van der Waals surface area contributed by atoms with E-state index in [9.17, 15) is 0 Å². The first-order valence-corrected chi connectivity index (χ1v) is 17.5. The molecule has 0 aromatic carbocycles. The Kier molecular flexibility index (Phi) is 10.4. The summed E-state index contributed by atoms with van der Waals surface area (Å²) in [5.74, 6) is 1.41. The molecular weight excluding hydrogens is 535 g/mol. The van der Waals surface area contributed by atoms with Gasteiger partial charge in [-0.1, -0.05) is 49.2 Å². The van der Waals surface area contributed by atoms with E-state index < -0.39 is 16.6 Å². The molecule has 0 unspecified atom stereocenters. The summed E-state index contributed by atoms with van der Waals surface area (Å²) in [6.45, 7) is 17.5. The number of ether oxygens (including phenoxy) is 2. The van der Waals surface area contributed by atoms with Crippen molar-refractivity contribution < 1.29 is 44.5 Å². The van der Waals surface area contributed by atoms with Crippen LogP contribution >= 0.6 is 23.2 Å². The van der Waals surface area contributed by atoms with Gasteiger partial charge in [-0.05, 0) is 39.3 Å². The van der Waals surface area contributed by atoms with Crippen LogP contribution in [0.1, 0.15) is 26.7 Å². The van der Waals surface area contributed by atoms with Crippen molar-refractivity contribution in [2.45, 2.75) is 66.0 Å². The maximum Gasteiger partial charge on any atom is 0.188 e. The maximum atomic E-state index is 6.49. The van der Waals surface area contributed by atoms with Gasteiger partial charge in [-0.25, -0.2) is 0 Å². The fourth-order valence-corrected chi connectivity index (χ4v) is 4.40. The molecule has 0 heterocycles. The molecule has 168 valence electrons. The van der Waals surface area contributed by atoms with Crippen molar-refractivity contribution in [3.63, 3.8) is 0 Å². The average molecular weight is 569 g/mol. The number of hydrogen-bond acceptors (Lipinski definition) is 4. The molecule has 9 heteroatoms. The van der Waals surface area contributed by atoms with E-state index in [0.717, 1.165) is 11.1 Å². The van der Waals surface area contributed by atoms with E-state index in [1.807, 2.05) is 0 Å². The third-order valence-corrected chi connectivity index (χ3v) is 7.31. The minimum atomic E-state index is -1.67. The molecule has 2 rings (SSSR count). The van der Waals surface area contributed by atoms with Crippen LogP contribution in [0, 0.1) is 5.41 Å². The molecule has 0 fully saturated rings. The van der Waals surface area contributed by atoms with Gasteiger partial charge >= 0.3 is 0 Å². The molecular formula is C21H34Cl2O4Si2Zr. The second kappa shape index (κ2) is 11.0. The predicted molar refractivity (Wildman–Crippen MR) is 126 cm³/mol. The molecule has 0 spiro atoms. The van der Waals surface area contributed by atoms with Crippen molar-refractivity contribution in [3.05, 3.63) is 44.9 Å². The number of rotatable bonds is 10. The monoisotopic (exact) mass is 566 g/mol. The van der Waals surface area contributed by atoms with E-state index in [4.69, 9.17) is 41.5 Å². The first-order chi connectivity index (χ1) is 13.2. The van der Waals surface area contributed by atoms with Gasteiger partial charge in [0.05, 0.1) is 10.1 Å². The molecule has 0 saturated carbocycles. The Hall–Kier alpha value is 0.377. The smallest absolute Gasteiger partial charge is 0.188 e. The first kappa shape index (κ1) is 28.4. The van der Waals surface area contributed by atoms with Crippen LogP contribution in [0.2, 0.25) is 39.3 Å². The van der Waals surface area contributed by atoms with E-state index >= 15 is 0 Å². The first-order valence-electron chi connectivity index (χ1n) is 9.95. The van der Waals surface area contributed by atoms with Crippen LogP contribution in [0.25, 0.3) is 0 Å². The van der Waals surface area contributed by atoms with Crippen LogP contribution in [-0.2, 0) is 44.5 Å². The Bertz CT molecular complexity index is 698. The second-order valence-corrected chi connectivity index (χ2v) is 19.7. The van der Waals surface area contributed by atoms with Crippen molar-refractivity contribution >= 4 is 39.8 Å². The molecule has 4 nitrogen and oxygen atoms in total. The van der Waals surface area contributed by atoms with Gasteiger partial charge in [0, 0.05) is 55.6 Å². The summed E-state index contributed by atoms with van der Waals surface area (Å²) < 4.78 is 23.7. The van der Waals surface area contributed by atoms with E-state index in [0.29, 0.717) is 34.4 Å². The maximum absolute atomic E-state index is 6.49. The van der Waals surface area contributed by atoms with Gasteiger partial charge in [0.2, 0.25) is 0 Å². The summed E-state index contributed by atoms with van der Waals surface area (Å²) in [5.41, 5.74) is 1.69. The molecule has 0 aliphatic heterocycles. The zero-order valence-electron chi connectivity index (χ0n) is 19.4. The van der Waals surface area contributed by atoms with Gasteiger partial charge in [0.15, 0.2) is 30.2 Å². The molecule has 30 heavy (non-hydrogen) atoms. The number of allylic oxidation sites excluding steroid dienone is 6. The summed E-state index contributed by atoms with van der Waals surface area (Å²) in [4.78, 5) is 0. The van der Waals surface area contributed by atoms with Crippen molar-refractivity contribution in [1.82, 2.24) is 0 Å². The minimum absolute atomic E-state index is 0. The van der Waals surface area contributed by atoms with Crippen molar-refractivity contribution in [3.8, 4) is 0 Å². The third kappa shape index (κ3) is 7.75. The van der Waals surface area contributed by atoms with Crippen molar-refractivity contribution in [2.75, 3.05) is 13.6 Å². The molecule has 0 atom stereocenters. The predicted octanol–water partition coefficient (Wildman–Crippen LogP) is 7.22. The van der Waals surface area contributed by atoms with Gasteiger partial charge in [0.25, 0.3) is 0 Å². The fourth-order valence-electron chi connectivity index (χ4n) is 3.11. The average Bonchev–Trinajstić information content (AvgIpc) is 3.10. The van der Waals surface area contributed by atoms with Crippen LogP contribution in [-0.4, -0.2) is 30.2 Å². The second-order valence-electron chi connectivity index (χ2n) is 9.77. The zero-order chi connectivity index (χ0) is 22.0. The Morgan fingerprint density at radius 1 is 0.767 bits per heavy atom. The summed E-state index contributed by atoms with van der Waals surface area (Å²) in [5, 5.41) is 1.40. The topological polar surface area (TPSA) is 36.9 Å². The van der Waals surface area contributed by atoms with E-state index in [-0.39, 0.29) is 45.2 Å². The van der Waals surface area contributed by atoms with Gasteiger partial charge in [-0.2, -0.15) is 0 Å². The third-order valence-electron chi connectivity index (χ3n) is 4.69. The van der Waals surface area contributed by atoms with Crippen LogP contribution < -0.4 is 0 Å². The Labute approximate surface area is 213 Å². The molecule has 0 amide bonds. The summed E-state index contributed by atoms with van der Waals surface area (Å²) in [6.07, 6.45) is 5.55. The van der Waals surface area contributed by atoms with Crippen LogP contribution in [0.3, 0.4) is 0 Å². The SMILES string of the molecule is CC(C)(C1=CCC(Cl)=C1OCO[Si](C)(C)C)C1=CCC(Cl)=C1OCO[Si](C)(C)C.[Zr]. The fraction of sp³-hybridized carbons (Fsp3) is 0.619. The molecule has 0 aromatic heterocycles. The summed E-state index contributed by atoms with van der Waals surface area (Å²) >= 11 is 13.0. The Morgan fingerprint density at radius 3 is 1.40 bits per heavy atom.